The molecule has 2 aromatic rings. The van der Waals surface area contributed by atoms with Gasteiger partial charge in [-0.25, -0.2) is 9.97 Å². The van der Waals surface area contributed by atoms with Crippen LogP contribution < -0.4 is 5.32 Å². The van der Waals surface area contributed by atoms with Crippen LogP contribution in [0.5, 0.6) is 0 Å². The number of nitrogens with zero attached hydrogens (tertiary/aromatic N) is 3. The largest absolute Gasteiger partial charge is 0.320 e. The summed E-state index contributed by atoms with van der Waals surface area (Å²) in [5, 5.41) is 2.93. The van der Waals surface area contributed by atoms with Crippen molar-refractivity contribution in [1.82, 2.24) is 15.0 Å². The summed E-state index contributed by atoms with van der Waals surface area (Å²) in [6.07, 6.45) is 9.89. The minimum Gasteiger partial charge on any atom is -0.320 e. The Hall–Kier alpha value is -2.30. The third kappa shape index (κ3) is 3.78. The smallest absolute Gasteiger partial charge is 0.258 e. The van der Waals surface area contributed by atoms with Gasteiger partial charge in [0.25, 0.3) is 5.91 Å². The molecule has 2 aliphatic rings. The summed E-state index contributed by atoms with van der Waals surface area (Å²) in [5.41, 5.74) is 3.30. The van der Waals surface area contributed by atoms with Crippen molar-refractivity contribution in [1.29, 1.82) is 0 Å². The summed E-state index contributed by atoms with van der Waals surface area (Å²) in [7, 11) is 0. The number of carbonyl (C=O) groups excluding carboxylic acids is 1. The molecule has 0 aliphatic heterocycles. The number of aryl methyl sites for hydroxylation is 1. The zero-order chi connectivity index (χ0) is 17.1. The van der Waals surface area contributed by atoms with Crippen molar-refractivity contribution in [3.05, 3.63) is 47.3 Å². The number of aromatic nitrogens is 3. The van der Waals surface area contributed by atoms with E-state index in [0.29, 0.717) is 17.4 Å². The molecule has 0 radical (unpaired) electrons. The number of hydrogen-bond donors (Lipinski definition) is 1. The molecule has 4 rings (SSSR count). The van der Waals surface area contributed by atoms with Gasteiger partial charge in [-0.1, -0.05) is 13.8 Å². The molecule has 0 saturated heterocycles. The highest BCUT2D eigenvalue weighted by Gasteiger charge is 2.27. The minimum absolute atomic E-state index is 0.180. The molecule has 2 fully saturated rings. The molecule has 0 bridgehead atoms. The zero-order valence-corrected chi connectivity index (χ0v) is 14.5. The van der Waals surface area contributed by atoms with Crippen LogP contribution in [0.1, 0.15) is 78.8 Å². The van der Waals surface area contributed by atoms with Crippen LogP contribution in [0.2, 0.25) is 0 Å². The van der Waals surface area contributed by atoms with Crippen LogP contribution >= 0.6 is 0 Å². The van der Waals surface area contributed by atoms with Crippen LogP contribution in [0.25, 0.3) is 0 Å². The van der Waals surface area contributed by atoms with E-state index in [1.165, 1.54) is 18.4 Å². The van der Waals surface area contributed by atoms with E-state index in [0.717, 1.165) is 30.0 Å². The number of carbonyl (C=O) groups is 1. The number of hydrogen-bond acceptors (Lipinski definition) is 4. The van der Waals surface area contributed by atoms with E-state index in [-0.39, 0.29) is 5.91 Å². The lowest BCUT2D eigenvalue weighted by Crippen LogP contribution is -2.14. The van der Waals surface area contributed by atoms with E-state index in [1.807, 2.05) is 33.0 Å². The molecule has 1 N–H and O–H groups in total. The molecule has 0 atom stereocenters. The summed E-state index contributed by atoms with van der Waals surface area (Å²) in [6, 6.07) is 2.04. The Morgan fingerprint density at radius 1 is 1.00 bits per heavy atom. The number of pyridine rings is 1. The molecule has 24 heavy (non-hydrogen) atoms. The average Bonchev–Trinajstić information content (AvgIpc) is 3.51. The molecule has 126 valence electrons. The van der Waals surface area contributed by atoms with Crippen molar-refractivity contribution in [2.75, 3.05) is 5.32 Å². The van der Waals surface area contributed by atoms with E-state index in [1.54, 1.807) is 12.4 Å². The van der Waals surface area contributed by atoms with Crippen LogP contribution in [0, 0.1) is 6.92 Å². The van der Waals surface area contributed by atoms with Crippen molar-refractivity contribution in [2.24, 2.45) is 0 Å². The predicted octanol–water partition coefficient (Wildman–Crippen LogP) is 4.21. The maximum Gasteiger partial charge on any atom is 0.258 e. The van der Waals surface area contributed by atoms with E-state index in [9.17, 15) is 4.79 Å². The second-order valence-electron chi connectivity index (χ2n) is 6.23. The van der Waals surface area contributed by atoms with Gasteiger partial charge in [-0.15, -0.1) is 0 Å². The topological polar surface area (TPSA) is 67.8 Å². The summed E-state index contributed by atoms with van der Waals surface area (Å²) < 4.78 is 0. The van der Waals surface area contributed by atoms with E-state index >= 15 is 0 Å². The summed E-state index contributed by atoms with van der Waals surface area (Å²) in [6.45, 7) is 5.90. The van der Waals surface area contributed by atoms with E-state index in [4.69, 9.17) is 0 Å². The van der Waals surface area contributed by atoms with Gasteiger partial charge >= 0.3 is 0 Å². The lowest BCUT2D eigenvalue weighted by Gasteiger charge is -2.09. The van der Waals surface area contributed by atoms with Crippen molar-refractivity contribution in [3.8, 4) is 0 Å². The lowest BCUT2D eigenvalue weighted by molar-refractivity contribution is 0.102. The number of amides is 1. The standard InChI is InChI=1S/C17H18N4O.C2H6/c1-10-15(6-13(7-18-10)11-2-3-11)21-17(22)14-8-19-16(20-9-14)12-4-5-12;1-2/h6-9,11-12H,2-5H2,1H3,(H,21,22);1-2H3. The summed E-state index contributed by atoms with van der Waals surface area (Å²) in [5.74, 6) is 1.79. The zero-order valence-electron chi connectivity index (χ0n) is 14.5. The first-order valence-corrected chi connectivity index (χ1v) is 8.80. The first-order chi connectivity index (χ1) is 11.7. The van der Waals surface area contributed by atoms with Gasteiger partial charge in [-0.05, 0) is 50.2 Å². The Bertz CT molecular complexity index is 719. The first-order valence-electron chi connectivity index (χ1n) is 8.80. The fourth-order valence-corrected chi connectivity index (χ4v) is 2.52. The fraction of sp³-hybridized carbons (Fsp3) is 0.474. The number of rotatable bonds is 4. The van der Waals surface area contributed by atoms with Gasteiger partial charge in [0.05, 0.1) is 16.9 Å². The third-order valence-corrected chi connectivity index (χ3v) is 4.28. The van der Waals surface area contributed by atoms with Gasteiger partial charge in [0.1, 0.15) is 5.82 Å². The first kappa shape index (κ1) is 16.6. The number of nitrogens with one attached hydrogen (secondary N) is 1. The normalized spacial score (nSPS) is 16.1. The Kier molecular flexibility index (Phi) is 4.88. The monoisotopic (exact) mass is 324 g/mol. The van der Waals surface area contributed by atoms with Gasteiger partial charge in [-0.2, -0.15) is 0 Å². The Labute approximate surface area is 143 Å². The molecular weight excluding hydrogens is 300 g/mol. The molecule has 2 heterocycles. The van der Waals surface area contributed by atoms with Gasteiger partial charge in [0, 0.05) is 24.5 Å². The third-order valence-electron chi connectivity index (χ3n) is 4.28. The maximum atomic E-state index is 12.3. The predicted molar refractivity (Wildman–Crippen MR) is 94.3 cm³/mol. The SMILES string of the molecule is CC.Cc1ncc(C2CC2)cc1NC(=O)c1cnc(C2CC2)nc1. The van der Waals surface area contributed by atoms with Gasteiger partial charge in [0.15, 0.2) is 0 Å². The average molecular weight is 324 g/mol. The van der Waals surface area contributed by atoms with Gasteiger partial charge in [0.2, 0.25) is 0 Å². The van der Waals surface area contributed by atoms with Crippen molar-refractivity contribution >= 4 is 11.6 Å². The molecule has 2 aliphatic carbocycles. The Morgan fingerprint density at radius 2 is 1.62 bits per heavy atom. The molecule has 0 aromatic carbocycles. The van der Waals surface area contributed by atoms with Crippen molar-refractivity contribution < 1.29 is 4.79 Å². The minimum atomic E-state index is -0.180. The van der Waals surface area contributed by atoms with Crippen LogP contribution in [-0.2, 0) is 0 Å². The fourth-order valence-electron chi connectivity index (χ4n) is 2.52. The van der Waals surface area contributed by atoms with Crippen LogP contribution in [0.3, 0.4) is 0 Å². The van der Waals surface area contributed by atoms with Crippen LogP contribution in [0.4, 0.5) is 5.69 Å². The molecule has 2 saturated carbocycles. The molecule has 0 spiro atoms. The van der Waals surface area contributed by atoms with Crippen molar-refractivity contribution in [2.45, 2.75) is 58.3 Å². The molecule has 5 heteroatoms. The van der Waals surface area contributed by atoms with Crippen LogP contribution in [0.15, 0.2) is 24.7 Å². The molecule has 0 unspecified atom stereocenters. The molecule has 2 aromatic heterocycles. The highest BCUT2D eigenvalue weighted by Crippen LogP contribution is 2.40. The molecular formula is C19H24N4O. The van der Waals surface area contributed by atoms with Gasteiger partial charge in [-0.3, -0.25) is 9.78 Å². The highest BCUT2D eigenvalue weighted by molar-refractivity contribution is 6.04. The summed E-state index contributed by atoms with van der Waals surface area (Å²) in [4.78, 5) is 25.3. The van der Waals surface area contributed by atoms with E-state index in [2.05, 4.69) is 20.3 Å². The summed E-state index contributed by atoms with van der Waals surface area (Å²) >= 11 is 0. The number of anilines is 1. The maximum absolute atomic E-state index is 12.3. The second kappa shape index (κ2) is 7.07. The Balaban J connectivity index is 0.000000815. The Morgan fingerprint density at radius 3 is 2.21 bits per heavy atom. The van der Waals surface area contributed by atoms with E-state index < -0.39 is 0 Å². The van der Waals surface area contributed by atoms with Gasteiger partial charge < -0.3 is 5.32 Å². The second-order valence-corrected chi connectivity index (χ2v) is 6.23. The lowest BCUT2D eigenvalue weighted by atomic mass is 10.1. The molecule has 5 nitrogen and oxygen atoms in total. The highest BCUT2D eigenvalue weighted by atomic mass is 16.1. The van der Waals surface area contributed by atoms with Crippen molar-refractivity contribution in [3.63, 3.8) is 0 Å². The van der Waals surface area contributed by atoms with Crippen LogP contribution in [-0.4, -0.2) is 20.9 Å². The molecule has 1 amide bonds. The quantitative estimate of drug-likeness (QED) is 0.914.